The molecule has 0 fully saturated rings. The Kier molecular flexibility index (Phi) is 5.39. The molecule has 0 saturated carbocycles. The lowest BCUT2D eigenvalue weighted by Gasteiger charge is -2.08. The van der Waals surface area contributed by atoms with E-state index in [1.165, 1.54) is 12.1 Å². The summed E-state index contributed by atoms with van der Waals surface area (Å²) in [5, 5.41) is 13.5. The van der Waals surface area contributed by atoms with Gasteiger partial charge in [0.05, 0.1) is 23.8 Å². The average Bonchev–Trinajstić information content (AvgIpc) is 3.58. The van der Waals surface area contributed by atoms with Crippen molar-refractivity contribution >= 4 is 32.0 Å². The van der Waals surface area contributed by atoms with Crippen molar-refractivity contribution in [3.8, 4) is 33.6 Å². The molecule has 6 rings (SSSR count). The second kappa shape index (κ2) is 8.64. The van der Waals surface area contributed by atoms with Gasteiger partial charge in [-0.3, -0.25) is 9.78 Å². The molecule has 2 aromatic carbocycles. The summed E-state index contributed by atoms with van der Waals surface area (Å²) in [6.45, 7) is 0.00432. The minimum Gasteiger partial charge on any atom is -0.353 e. The van der Waals surface area contributed by atoms with E-state index in [2.05, 4.69) is 30.0 Å². The molecule has 0 unspecified atom stereocenters. The number of aromatic amines is 2. The lowest BCUT2D eigenvalue weighted by molar-refractivity contribution is 0.586. The predicted octanol–water partition coefficient (Wildman–Crippen LogP) is 4.36. The van der Waals surface area contributed by atoms with Crippen molar-refractivity contribution in [3.05, 3.63) is 78.5 Å². The van der Waals surface area contributed by atoms with Crippen LogP contribution in [0.4, 0.5) is 4.39 Å². The SMILES string of the molecule is Cn1cc(-c2cnc3n[nH]c(-c4cc5c(-c6cc(F)cc(CNS(C)(=O)=O)c6)cccc5[nH]4)c3c2)cn1. The fourth-order valence-corrected chi connectivity index (χ4v) is 4.93. The molecule has 0 amide bonds. The smallest absolute Gasteiger partial charge is 0.209 e. The fraction of sp³-hybridized carbons (Fsp3) is 0.115. The van der Waals surface area contributed by atoms with E-state index in [4.69, 9.17) is 0 Å². The van der Waals surface area contributed by atoms with Gasteiger partial charge in [-0.2, -0.15) is 10.2 Å². The summed E-state index contributed by atoms with van der Waals surface area (Å²) in [7, 11) is -1.54. The Morgan fingerprint density at radius 1 is 1.03 bits per heavy atom. The van der Waals surface area contributed by atoms with Crippen molar-refractivity contribution in [2.75, 3.05) is 6.26 Å². The van der Waals surface area contributed by atoms with Gasteiger partial charge in [-0.15, -0.1) is 0 Å². The van der Waals surface area contributed by atoms with E-state index in [1.54, 1.807) is 23.1 Å². The van der Waals surface area contributed by atoms with Crippen LogP contribution in [0.1, 0.15) is 5.56 Å². The molecule has 0 radical (unpaired) electrons. The molecular weight excluding hydrogens is 493 g/mol. The van der Waals surface area contributed by atoms with Crippen LogP contribution in [-0.4, -0.2) is 44.6 Å². The van der Waals surface area contributed by atoms with E-state index in [1.807, 2.05) is 43.6 Å². The van der Waals surface area contributed by atoms with Gasteiger partial charge in [0.15, 0.2) is 5.65 Å². The number of nitrogens with one attached hydrogen (secondary N) is 3. The zero-order valence-electron chi connectivity index (χ0n) is 19.9. The Labute approximate surface area is 211 Å². The predicted molar refractivity (Wildman–Crippen MR) is 140 cm³/mol. The standard InChI is InChI=1S/C26H22FN7O2S/c1-34-14-18(13-29-34)17-9-22-25(32-33-26(22)28-12-17)24-10-21-20(4-3-5-23(21)31-24)16-6-15(7-19(27)8-16)11-30-37(2,35)36/h3-10,12-14,30-31H,11H2,1-2H3,(H,28,32,33). The summed E-state index contributed by atoms with van der Waals surface area (Å²) < 4.78 is 41.7. The quantitative estimate of drug-likeness (QED) is 0.304. The third kappa shape index (κ3) is 4.50. The van der Waals surface area contributed by atoms with Gasteiger partial charge < -0.3 is 4.98 Å². The number of fused-ring (bicyclic) bond motifs is 2. The van der Waals surface area contributed by atoms with Gasteiger partial charge in [0, 0.05) is 53.4 Å². The Morgan fingerprint density at radius 3 is 2.68 bits per heavy atom. The van der Waals surface area contributed by atoms with E-state index in [0.29, 0.717) is 16.8 Å². The number of H-pyrrole nitrogens is 2. The monoisotopic (exact) mass is 515 g/mol. The van der Waals surface area contributed by atoms with Crippen molar-refractivity contribution in [2.45, 2.75) is 6.54 Å². The third-order valence-corrected chi connectivity index (χ3v) is 6.86. The number of aryl methyl sites for hydroxylation is 1. The Balaban J connectivity index is 1.43. The van der Waals surface area contributed by atoms with E-state index < -0.39 is 15.8 Å². The molecule has 0 aliphatic heterocycles. The summed E-state index contributed by atoms with van der Waals surface area (Å²) in [6.07, 6.45) is 6.56. The zero-order valence-corrected chi connectivity index (χ0v) is 20.8. The molecule has 0 aliphatic carbocycles. The minimum atomic E-state index is -3.40. The van der Waals surface area contributed by atoms with Crippen LogP contribution in [0.2, 0.25) is 0 Å². The van der Waals surface area contributed by atoms with Gasteiger partial charge in [0.25, 0.3) is 0 Å². The van der Waals surface area contributed by atoms with Crippen LogP contribution in [0.15, 0.2) is 67.1 Å². The maximum absolute atomic E-state index is 14.5. The number of hydrogen-bond acceptors (Lipinski definition) is 5. The molecule has 0 atom stereocenters. The second-order valence-electron chi connectivity index (χ2n) is 8.99. The van der Waals surface area contributed by atoms with Crippen LogP contribution >= 0.6 is 0 Å². The minimum absolute atomic E-state index is 0.00432. The summed E-state index contributed by atoms with van der Waals surface area (Å²) in [5.74, 6) is -0.441. The second-order valence-corrected chi connectivity index (χ2v) is 10.8. The van der Waals surface area contributed by atoms with Crippen LogP contribution in [-0.2, 0) is 23.6 Å². The average molecular weight is 516 g/mol. The number of rotatable bonds is 6. The molecule has 37 heavy (non-hydrogen) atoms. The molecule has 9 nitrogen and oxygen atoms in total. The van der Waals surface area contributed by atoms with Crippen molar-refractivity contribution in [1.29, 1.82) is 0 Å². The van der Waals surface area contributed by atoms with Gasteiger partial charge >= 0.3 is 0 Å². The van der Waals surface area contributed by atoms with Gasteiger partial charge in [-0.1, -0.05) is 12.1 Å². The van der Waals surface area contributed by atoms with Crippen LogP contribution in [0.5, 0.6) is 0 Å². The number of nitrogens with zero attached hydrogens (tertiary/aromatic N) is 4. The van der Waals surface area contributed by atoms with E-state index in [9.17, 15) is 12.8 Å². The first-order chi connectivity index (χ1) is 17.7. The van der Waals surface area contributed by atoms with Crippen molar-refractivity contribution < 1.29 is 12.8 Å². The largest absolute Gasteiger partial charge is 0.353 e. The highest BCUT2D eigenvalue weighted by atomic mass is 32.2. The van der Waals surface area contributed by atoms with Gasteiger partial charge in [-0.05, 0) is 53.1 Å². The van der Waals surface area contributed by atoms with Crippen LogP contribution in [0.3, 0.4) is 0 Å². The normalized spacial score (nSPS) is 12.1. The Bertz CT molecular complexity index is 1900. The summed E-state index contributed by atoms with van der Waals surface area (Å²) in [4.78, 5) is 7.94. The van der Waals surface area contributed by atoms with E-state index in [-0.39, 0.29) is 6.54 Å². The topological polar surface area (TPSA) is 121 Å². The maximum Gasteiger partial charge on any atom is 0.209 e. The molecule has 3 N–H and O–H groups in total. The van der Waals surface area contributed by atoms with Gasteiger partial charge in [-0.25, -0.2) is 22.5 Å². The molecule has 6 aromatic rings. The fourth-order valence-electron chi connectivity index (χ4n) is 4.50. The van der Waals surface area contributed by atoms with Crippen LogP contribution in [0, 0.1) is 5.82 Å². The highest BCUT2D eigenvalue weighted by Crippen LogP contribution is 2.35. The highest BCUT2D eigenvalue weighted by molar-refractivity contribution is 7.88. The number of aromatic nitrogens is 6. The van der Waals surface area contributed by atoms with Crippen molar-refractivity contribution in [3.63, 3.8) is 0 Å². The summed E-state index contributed by atoms with van der Waals surface area (Å²) >= 11 is 0. The zero-order chi connectivity index (χ0) is 25.7. The van der Waals surface area contributed by atoms with E-state index in [0.717, 1.165) is 50.6 Å². The number of halogens is 1. The van der Waals surface area contributed by atoms with Crippen LogP contribution in [0.25, 0.3) is 55.6 Å². The Hall–Kier alpha value is -4.35. The van der Waals surface area contributed by atoms with Crippen LogP contribution < -0.4 is 4.72 Å². The molecule has 11 heteroatoms. The van der Waals surface area contributed by atoms with Gasteiger partial charge in [0.1, 0.15) is 5.82 Å². The van der Waals surface area contributed by atoms with Crippen molar-refractivity contribution in [2.24, 2.45) is 7.05 Å². The third-order valence-electron chi connectivity index (χ3n) is 6.19. The number of pyridine rings is 1. The number of sulfonamides is 1. The van der Waals surface area contributed by atoms with Crippen molar-refractivity contribution in [1.82, 2.24) is 34.7 Å². The lowest BCUT2D eigenvalue weighted by Crippen LogP contribution is -2.21. The molecule has 186 valence electrons. The summed E-state index contributed by atoms with van der Waals surface area (Å²) in [6, 6.07) is 14.3. The lowest BCUT2D eigenvalue weighted by atomic mass is 9.99. The maximum atomic E-state index is 14.5. The first-order valence-electron chi connectivity index (χ1n) is 11.4. The summed E-state index contributed by atoms with van der Waals surface area (Å²) in [5.41, 5.74) is 6.93. The molecule has 0 aliphatic rings. The first-order valence-corrected chi connectivity index (χ1v) is 13.3. The molecule has 4 aromatic heterocycles. The molecular formula is C26H22FN7O2S. The van der Waals surface area contributed by atoms with E-state index >= 15 is 0 Å². The Morgan fingerprint density at radius 2 is 1.89 bits per heavy atom. The molecule has 0 spiro atoms. The highest BCUT2D eigenvalue weighted by Gasteiger charge is 2.16. The number of hydrogen-bond donors (Lipinski definition) is 3. The molecule has 4 heterocycles. The molecule has 0 saturated heterocycles. The van der Waals surface area contributed by atoms with Gasteiger partial charge in [0.2, 0.25) is 10.0 Å². The number of benzene rings is 2. The molecule has 0 bridgehead atoms. The first kappa shape index (κ1) is 23.1.